The van der Waals surface area contributed by atoms with E-state index in [1.54, 1.807) is 0 Å². The number of nitrogens with zero attached hydrogens (tertiary/aromatic N) is 3. The SMILES string of the molecule is OC1CCN(c2ccccc2)C12CCN(Cc1ccccc1)CC2.OC1CCN(c2ccccc2)C12CCNCC2. The molecule has 2 atom stereocenters. The van der Waals surface area contributed by atoms with E-state index in [1.807, 2.05) is 6.07 Å². The molecule has 3 N–H and O–H groups in total. The fourth-order valence-electron chi connectivity index (χ4n) is 7.84. The molecule has 2 unspecified atom stereocenters. The van der Waals surface area contributed by atoms with Gasteiger partial charge in [-0.05, 0) is 81.4 Å². The second kappa shape index (κ2) is 12.5. The van der Waals surface area contributed by atoms with Crippen LogP contribution in [0.3, 0.4) is 0 Å². The van der Waals surface area contributed by atoms with Crippen molar-refractivity contribution in [3.63, 3.8) is 0 Å². The Morgan fingerprint density at radius 1 is 0.585 bits per heavy atom. The number of hydrogen-bond donors (Lipinski definition) is 3. The smallest absolute Gasteiger partial charge is 0.0789 e. The molecule has 4 saturated heterocycles. The van der Waals surface area contributed by atoms with Crippen molar-refractivity contribution in [2.45, 2.75) is 68.4 Å². The van der Waals surface area contributed by atoms with Crippen molar-refractivity contribution in [1.29, 1.82) is 0 Å². The Kier molecular flexibility index (Phi) is 8.63. The van der Waals surface area contributed by atoms with E-state index in [9.17, 15) is 10.2 Å². The maximum atomic E-state index is 10.8. The molecule has 0 aromatic heterocycles. The van der Waals surface area contributed by atoms with Crippen LogP contribution < -0.4 is 15.1 Å². The van der Waals surface area contributed by atoms with Crippen molar-refractivity contribution in [3.8, 4) is 0 Å². The summed E-state index contributed by atoms with van der Waals surface area (Å²) in [7, 11) is 0. The number of likely N-dealkylation sites (tertiary alicyclic amines) is 1. The lowest BCUT2D eigenvalue weighted by atomic mass is 9.82. The standard InChI is InChI=1S/C21H26N2O.C14H20N2O/c24-20-11-14-23(19-9-5-2-6-10-19)21(20)12-15-22(16-13-21)17-18-7-3-1-4-8-18;17-13-6-11-16(12-4-2-1-3-5-12)14(13)7-9-15-10-8-14/h1-10,20,24H,11-17H2;1-5,13,15,17H,6-11H2. The molecule has 0 radical (unpaired) electrons. The molecule has 218 valence electrons. The van der Waals surface area contributed by atoms with Crippen LogP contribution in [-0.2, 0) is 6.54 Å². The van der Waals surface area contributed by atoms with Gasteiger partial charge in [0.25, 0.3) is 0 Å². The molecule has 7 rings (SSSR count). The molecule has 4 aliphatic heterocycles. The monoisotopic (exact) mass is 554 g/mol. The molecule has 0 aliphatic carbocycles. The zero-order valence-electron chi connectivity index (χ0n) is 24.2. The van der Waals surface area contributed by atoms with Gasteiger partial charge in [0.2, 0.25) is 0 Å². The third kappa shape index (κ3) is 5.76. The summed E-state index contributed by atoms with van der Waals surface area (Å²) in [6.07, 6.45) is 5.56. The quantitative estimate of drug-likeness (QED) is 0.436. The number of nitrogens with one attached hydrogen (secondary N) is 1. The first kappa shape index (κ1) is 28.2. The fourth-order valence-corrected chi connectivity index (χ4v) is 7.84. The van der Waals surface area contributed by atoms with Gasteiger partial charge in [0, 0.05) is 44.1 Å². The zero-order valence-corrected chi connectivity index (χ0v) is 24.2. The van der Waals surface area contributed by atoms with Crippen molar-refractivity contribution in [1.82, 2.24) is 10.2 Å². The number of rotatable bonds is 4. The highest BCUT2D eigenvalue weighted by molar-refractivity contribution is 5.52. The van der Waals surface area contributed by atoms with E-state index in [4.69, 9.17) is 0 Å². The Labute approximate surface area is 245 Å². The van der Waals surface area contributed by atoms with Gasteiger partial charge in [0.1, 0.15) is 0 Å². The molecule has 2 spiro atoms. The van der Waals surface area contributed by atoms with Crippen molar-refractivity contribution < 1.29 is 10.2 Å². The molecule has 4 heterocycles. The normalized spacial score (nSPS) is 25.3. The highest BCUT2D eigenvalue weighted by Crippen LogP contribution is 2.42. The van der Waals surface area contributed by atoms with Crippen LogP contribution in [0.15, 0.2) is 91.0 Å². The number of hydrogen-bond acceptors (Lipinski definition) is 6. The summed E-state index contributed by atoms with van der Waals surface area (Å²) in [5.74, 6) is 0. The molecule has 3 aromatic rings. The minimum Gasteiger partial charge on any atom is -0.391 e. The molecule has 0 amide bonds. The predicted octanol–water partition coefficient (Wildman–Crippen LogP) is 4.67. The highest BCUT2D eigenvalue weighted by Gasteiger charge is 2.50. The van der Waals surface area contributed by atoms with E-state index < -0.39 is 0 Å². The van der Waals surface area contributed by atoms with Crippen LogP contribution in [0.2, 0.25) is 0 Å². The molecular weight excluding hydrogens is 508 g/mol. The van der Waals surface area contributed by atoms with E-state index in [1.165, 1.54) is 16.9 Å². The number of piperidine rings is 2. The van der Waals surface area contributed by atoms with E-state index in [0.29, 0.717) is 0 Å². The summed E-state index contributed by atoms with van der Waals surface area (Å²) in [6.45, 7) is 7.08. The number of anilines is 2. The fraction of sp³-hybridized carbons (Fsp3) is 0.486. The molecule has 6 heteroatoms. The largest absolute Gasteiger partial charge is 0.391 e. The van der Waals surface area contributed by atoms with Crippen LogP contribution in [0.25, 0.3) is 0 Å². The Balaban J connectivity index is 0.000000156. The Morgan fingerprint density at radius 2 is 1.02 bits per heavy atom. The first-order valence-corrected chi connectivity index (χ1v) is 15.6. The van der Waals surface area contributed by atoms with E-state index in [-0.39, 0.29) is 23.3 Å². The third-order valence-electron chi connectivity index (χ3n) is 10.1. The van der Waals surface area contributed by atoms with Crippen molar-refractivity contribution in [3.05, 3.63) is 96.6 Å². The number of aliphatic hydroxyl groups excluding tert-OH is 2. The average Bonchev–Trinajstić information content (AvgIpc) is 3.51. The van der Waals surface area contributed by atoms with Crippen LogP contribution in [-0.4, -0.2) is 77.7 Å². The summed E-state index contributed by atoms with van der Waals surface area (Å²) in [6, 6.07) is 31.8. The Hall–Kier alpha value is -2.90. The summed E-state index contributed by atoms with van der Waals surface area (Å²) in [4.78, 5) is 7.42. The van der Waals surface area contributed by atoms with E-state index >= 15 is 0 Å². The van der Waals surface area contributed by atoms with Gasteiger partial charge in [-0.1, -0.05) is 66.7 Å². The van der Waals surface area contributed by atoms with Gasteiger partial charge < -0.3 is 25.3 Å². The van der Waals surface area contributed by atoms with Crippen LogP contribution in [0.4, 0.5) is 11.4 Å². The average molecular weight is 555 g/mol. The van der Waals surface area contributed by atoms with Crippen LogP contribution in [0, 0.1) is 0 Å². The summed E-state index contributed by atoms with van der Waals surface area (Å²) < 4.78 is 0. The third-order valence-corrected chi connectivity index (χ3v) is 10.1. The zero-order chi connectivity index (χ0) is 28.1. The van der Waals surface area contributed by atoms with Crippen molar-refractivity contribution in [2.24, 2.45) is 0 Å². The topological polar surface area (TPSA) is 62.2 Å². The second-order valence-corrected chi connectivity index (χ2v) is 12.3. The summed E-state index contributed by atoms with van der Waals surface area (Å²) in [5.41, 5.74) is 3.79. The first-order chi connectivity index (χ1) is 20.1. The minimum atomic E-state index is -0.211. The van der Waals surface area contributed by atoms with Gasteiger partial charge in [-0.2, -0.15) is 0 Å². The number of para-hydroxylation sites is 2. The minimum absolute atomic E-state index is 0.0212. The van der Waals surface area contributed by atoms with Gasteiger partial charge >= 0.3 is 0 Å². The lowest BCUT2D eigenvalue weighted by Crippen LogP contribution is -2.57. The molecule has 6 nitrogen and oxygen atoms in total. The maximum Gasteiger partial charge on any atom is 0.0789 e. The lowest BCUT2D eigenvalue weighted by Gasteiger charge is -2.47. The Morgan fingerprint density at radius 3 is 1.51 bits per heavy atom. The first-order valence-electron chi connectivity index (χ1n) is 15.6. The molecule has 4 aliphatic rings. The van der Waals surface area contributed by atoms with Crippen LogP contribution in [0.5, 0.6) is 0 Å². The number of benzene rings is 3. The molecule has 0 bridgehead atoms. The maximum absolute atomic E-state index is 10.8. The summed E-state index contributed by atoms with van der Waals surface area (Å²) >= 11 is 0. The molecule has 4 fully saturated rings. The number of aliphatic hydroxyl groups is 2. The second-order valence-electron chi connectivity index (χ2n) is 12.3. The van der Waals surface area contributed by atoms with Crippen molar-refractivity contribution >= 4 is 11.4 Å². The molecule has 3 aromatic carbocycles. The van der Waals surface area contributed by atoms with Gasteiger partial charge in [0.15, 0.2) is 0 Å². The molecule has 0 saturated carbocycles. The van der Waals surface area contributed by atoms with Gasteiger partial charge in [-0.25, -0.2) is 0 Å². The lowest BCUT2D eigenvalue weighted by molar-refractivity contribution is 0.0535. The van der Waals surface area contributed by atoms with E-state index in [0.717, 1.165) is 84.3 Å². The van der Waals surface area contributed by atoms with Gasteiger partial charge in [0.05, 0.1) is 23.3 Å². The Bertz CT molecular complexity index is 1210. The van der Waals surface area contributed by atoms with Gasteiger partial charge in [-0.3, -0.25) is 4.90 Å². The van der Waals surface area contributed by atoms with Crippen molar-refractivity contribution in [2.75, 3.05) is 49.1 Å². The highest BCUT2D eigenvalue weighted by atomic mass is 16.3. The van der Waals surface area contributed by atoms with Gasteiger partial charge in [-0.15, -0.1) is 0 Å². The van der Waals surface area contributed by atoms with Crippen LogP contribution in [0.1, 0.15) is 44.1 Å². The predicted molar refractivity (Wildman–Crippen MR) is 167 cm³/mol. The molecular formula is C35H46N4O2. The summed E-state index contributed by atoms with van der Waals surface area (Å²) in [5, 5.41) is 24.5. The van der Waals surface area contributed by atoms with Crippen LogP contribution >= 0.6 is 0 Å². The molecule has 41 heavy (non-hydrogen) atoms. The van der Waals surface area contributed by atoms with E-state index in [2.05, 4.69) is 105 Å².